The topological polar surface area (TPSA) is 55.0 Å². The third kappa shape index (κ3) is 2.32. The Kier molecular flexibility index (Phi) is 3.18. The normalized spacial score (nSPS) is 29.8. The fourth-order valence-corrected chi connectivity index (χ4v) is 4.02. The van der Waals surface area contributed by atoms with Crippen molar-refractivity contribution in [2.75, 3.05) is 24.2 Å². The summed E-state index contributed by atoms with van der Waals surface area (Å²) in [5, 5.41) is 0. The molecular formula is C13H19BrN4. The van der Waals surface area contributed by atoms with E-state index in [1.54, 1.807) is 6.07 Å². The van der Waals surface area contributed by atoms with Crippen molar-refractivity contribution in [2.45, 2.75) is 25.7 Å². The van der Waals surface area contributed by atoms with E-state index in [0.717, 1.165) is 34.9 Å². The Morgan fingerprint density at radius 2 is 2.22 bits per heavy atom. The van der Waals surface area contributed by atoms with Crippen molar-refractivity contribution in [3.05, 3.63) is 10.7 Å². The molecule has 0 amide bonds. The van der Waals surface area contributed by atoms with Crippen LogP contribution in [0.1, 0.15) is 25.7 Å². The van der Waals surface area contributed by atoms with Gasteiger partial charge in [-0.1, -0.05) is 6.42 Å². The Morgan fingerprint density at radius 3 is 2.83 bits per heavy atom. The number of fused-ring (bicyclic) bond motifs is 2. The molecule has 3 rings (SSSR count). The molecule has 18 heavy (non-hydrogen) atoms. The van der Waals surface area contributed by atoms with Gasteiger partial charge in [0.2, 0.25) is 5.95 Å². The van der Waals surface area contributed by atoms with Crippen LogP contribution in [0.25, 0.3) is 0 Å². The highest BCUT2D eigenvalue weighted by molar-refractivity contribution is 9.10. The zero-order valence-corrected chi connectivity index (χ0v) is 12.2. The number of aromatic nitrogens is 2. The maximum atomic E-state index is 5.76. The van der Waals surface area contributed by atoms with Crippen LogP contribution in [0.3, 0.4) is 0 Å². The number of nitrogens with zero attached hydrogens (tertiary/aromatic N) is 3. The van der Waals surface area contributed by atoms with E-state index in [1.807, 2.05) is 0 Å². The van der Waals surface area contributed by atoms with E-state index in [-0.39, 0.29) is 0 Å². The van der Waals surface area contributed by atoms with Crippen molar-refractivity contribution in [3.8, 4) is 0 Å². The van der Waals surface area contributed by atoms with Crippen LogP contribution < -0.4 is 10.6 Å². The molecule has 4 nitrogen and oxygen atoms in total. The molecule has 0 aromatic carbocycles. The lowest BCUT2D eigenvalue weighted by molar-refractivity contribution is 0.336. The molecule has 0 saturated heterocycles. The molecular weight excluding hydrogens is 292 g/mol. The van der Waals surface area contributed by atoms with Gasteiger partial charge in [0, 0.05) is 19.7 Å². The van der Waals surface area contributed by atoms with E-state index in [0.29, 0.717) is 5.82 Å². The second-order valence-electron chi connectivity index (χ2n) is 5.73. The lowest BCUT2D eigenvalue weighted by atomic mass is 9.88. The highest BCUT2D eigenvalue weighted by atomic mass is 79.9. The molecule has 2 aliphatic rings. The average Bonchev–Trinajstić information content (AvgIpc) is 2.89. The van der Waals surface area contributed by atoms with Crippen LogP contribution in [0.4, 0.5) is 11.8 Å². The van der Waals surface area contributed by atoms with Gasteiger partial charge in [0.05, 0.1) is 0 Å². The Morgan fingerprint density at radius 1 is 1.39 bits per heavy atom. The predicted molar refractivity (Wildman–Crippen MR) is 76.4 cm³/mol. The number of hydrogen-bond donors (Lipinski definition) is 1. The van der Waals surface area contributed by atoms with E-state index in [2.05, 4.69) is 37.8 Å². The van der Waals surface area contributed by atoms with Crippen LogP contribution >= 0.6 is 15.9 Å². The third-order valence-corrected chi connectivity index (χ3v) is 4.84. The monoisotopic (exact) mass is 310 g/mol. The Balaban J connectivity index is 1.69. The number of hydrogen-bond acceptors (Lipinski definition) is 4. The molecule has 1 aromatic heterocycles. The fourth-order valence-electron chi connectivity index (χ4n) is 3.63. The first kappa shape index (κ1) is 12.2. The van der Waals surface area contributed by atoms with Crippen molar-refractivity contribution >= 4 is 27.7 Å². The fraction of sp³-hybridized carbons (Fsp3) is 0.692. The van der Waals surface area contributed by atoms with Gasteiger partial charge in [0.15, 0.2) is 0 Å². The number of halogens is 1. The molecule has 3 atom stereocenters. The molecule has 98 valence electrons. The zero-order chi connectivity index (χ0) is 12.7. The number of nitrogens with two attached hydrogens (primary N) is 1. The van der Waals surface area contributed by atoms with Gasteiger partial charge in [-0.05, 0) is 52.9 Å². The summed E-state index contributed by atoms with van der Waals surface area (Å²) in [5.41, 5.74) is 5.76. The second kappa shape index (κ2) is 4.68. The lowest BCUT2D eigenvalue weighted by Gasteiger charge is -2.27. The average molecular weight is 311 g/mol. The van der Waals surface area contributed by atoms with Gasteiger partial charge in [-0.25, -0.2) is 4.98 Å². The number of anilines is 2. The maximum absolute atomic E-state index is 5.76. The van der Waals surface area contributed by atoms with Gasteiger partial charge in [0.25, 0.3) is 0 Å². The summed E-state index contributed by atoms with van der Waals surface area (Å²) in [5.74, 6) is 3.98. The molecule has 0 aliphatic heterocycles. The molecule has 2 fully saturated rings. The summed E-state index contributed by atoms with van der Waals surface area (Å²) in [6, 6.07) is 1.73. The molecule has 2 N–H and O–H groups in total. The zero-order valence-electron chi connectivity index (χ0n) is 10.6. The predicted octanol–water partition coefficient (Wildman–Crippen LogP) is 2.69. The van der Waals surface area contributed by atoms with Gasteiger partial charge in [-0.15, -0.1) is 0 Å². The first-order valence-corrected chi connectivity index (χ1v) is 7.42. The molecule has 0 spiro atoms. The Hall–Kier alpha value is -0.840. The third-order valence-electron chi connectivity index (χ3n) is 4.44. The minimum absolute atomic E-state index is 0.520. The number of nitrogen functional groups attached to an aromatic ring is 1. The summed E-state index contributed by atoms with van der Waals surface area (Å²) in [6.07, 6.45) is 5.70. The van der Waals surface area contributed by atoms with Crippen molar-refractivity contribution < 1.29 is 0 Å². The summed E-state index contributed by atoms with van der Waals surface area (Å²) < 4.78 is 0.754. The smallest absolute Gasteiger partial charge is 0.228 e. The molecule has 0 radical (unpaired) electrons. The SMILES string of the molecule is CN(CC1CC2CCC1C2)c1nc(N)cc(Br)n1. The van der Waals surface area contributed by atoms with E-state index in [4.69, 9.17) is 5.73 Å². The minimum Gasteiger partial charge on any atom is -0.383 e. The second-order valence-corrected chi connectivity index (χ2v) is 6.54. The lowest BCUT2D eigenvalue weighted by Crippen LogP contribution is -2.30. The standard InChI is InChI=1S/C13H19BrN4/c1-18(13-16-11(14)6-12(15)17-13)7-10-5-8-2-3-9(10)4-8/h6,8-10H,2-5,7H2,1H3,(H2,15,16,17). The van der Waals surface area contributed by atoms with E-state index in [9.17, 15) is 0 Å². The van der Waals surface area contributed by atoms with Gasteiger partial charge in [0.1, 0.15) is 10.4 Å². The van der Waals surface area contributed by atoms with Crippen LogP contribution in [0.2, 0.25) is 0 Å². The van der Waals surface area contributed by atoms with E-state index >= 15 is 0 Å². The molecule has 2 bridgehead atoms. The van der Waals surface area contributed by atoms with Gasteiger partial charge in [-0.2, -0.15) is 4.98 Å². The Labute approximate surface area is 116 Å². The van der Waals surface area contributed by atoms with Crippen LogP contribution in [-0.2, 0) is 0 Å². The van der Waals surface area contributed by atoms with Crippen molar-refractivity contribution in [1.29, 1.82) is 0 Å². The molecule has 5 heteroatoms. The number of rotatable bonds is 3. The van der Waals surface area contributed by atoms with Crippen molar-refractivity contribution in [3.63, 3.8) is 0 Å². The van der Waals surface area contributed by atoms with Gasteiger partial charge >= 0.3 is 0 Å². The highest BCUT2D eigenvalue weighted by Gasteiger charge is 2.39. The maximum Gasteiger partial charge on any atom is 0.228 e. The van der Waals surface area contributed by atoms with Gasteiger partial charge in [-0.3, -0.25) is 0 Å². The largest absolute Gasteiger partial charge is 0.383 e. The van der Waals surface area contributed by atoms with Crippen molar-refractivity contribution in [1.82, 2.24) is 9.97 Å². The quantitative estimate of drug-likeness (QED) is 0.872. The van der Waals surface area contributed by atoms with Crippen LogP contribution in [0.5, 0.6) is 0 Å². The summed E-state index contributed by atoms with van der Waals surface area (Å²) >= 11 is 3.37. The van der Waals surface area contributed by atoms with Crippen LogP contribution in [-0.4, -0.2) is 23.6 Å². The molecule has 1 heterocycles. The Bertz CT molecular complexity index is 430. The highest BCUT2D eigenvalue weighted by Crippen LogP contribution is 2.48. The first-order chi connectivity index (χ1) is 8.61. The van der Waals surface area contributed by atoms with Crippen LogP contribution in [0, 0.1) is 17.8 Å². The molecule has 3 unspecified atom stereocenters. The summed E-state index contributed by atoms with van der Waals surface area (Å²) in [6.45, 7) is 1.05. The summed E-state index contributed by atoms with van der Waals surface area (Å²) in [7, 11) is 2.06. The minimum atomic E-state index is 0.520. The van der Waals surface area contributed by atoms with Crippen molar-refractivity contribution in [2.24, 2.45) is 17.8 Å². The first-order valence-electron chi connectivity index (χ1n) is 6.63. The van der Waals surface area contributed by atoms with Crippen LogP contribution in [0.15, 0.2) is 10.7 Å². The van der Waals surface area contributed by atoms with E-state index in [1.165, 1.54) is 25.7 Å². The molecule has 2 aliphatic carbocycles. The summed E-state index contributed by atoms with van der Waals surface area (Å²) in [4.78, 5) is 10.8. The van der Waals surface area contributed by atoms with E-state index < -0.39 is 0 Å². The molecule has 2 saturated carbocycles. The molecule has 1 aromatic rings. The van der Waals surface area contributed by atoms with Gasteiger partial charge < -0.3 is 10.6 Å².